The highest BCUT2D eigenvalue weighted by atomic mass is 32.1. The maximum Gasteiger partial charge on any atom is 0.239 e. The number of aliphatic hydroxyl groups excluding tert-OH is 1. The number of methoxy groups -OCH3 is 1. The van der Waals surface area contributed by atoms with Crippen LogP contribution in [-0.4, -0.2) is 37.3 Å². The Labute approximate surface area is 98.2 Å². The highest BCUT2D eigenvalue weighted by Crippen LogP contribution is 2.14. The summed E-state index contributed by atoms with van der Waals surface area (Å²) in [6.07, 6.45) is -0.690. The van der Waals surface area contributed by atoms with E-state index in [1.807, 2.05) is 16.8 Å². The molecule has 6 heteroatoms. The van der Waals surface area contributed by atoms with Crippen LogP contribution in [0.5, 0.6) is 0 Å². The lowest BCUT2D eigenvalue weighted by atomic mass is 10.2. The molecule has 1 aromatic heterocycles. The molecule has 0 aromatic carbocycles. The van der Waals surface area contributed by atoms with Crippen LogP contribution in [0.4, 0.5) is 0 Å². The molecule has 1 rings (SSSR count). The molecule has 1 amide bonds. The molecular weight excluding hydrogens is 228 g/mol. The molecule has 90 valence electrons. The number of rotatable bonds is 6. The number of thiophene rings is 1. The number of carbonyl (C=O) groups is 1. The van der Waals surface area contributed by atoms with E-state index in [0.717, 1.165) is 5.56 Å². The number of nitrogens with two attached hydrogens (primary N) is 1. The van der Waals surface area contributed by atoms with E-state index >= 15 is 0 Å². The van der Waals surface area contributed by atoms with E-state index in [9.17, 15) is 9.90 Å². The summed E-state index contributed by atoms with van der Waals surface area (Å²) in [6.45, 7) is 0.327. The van der Waals surface area contributed by atoms with Gasteiger partial charge in [-0.3, -0.25) is 4.79 Å². The molecule has 0 saturated heterocycles. The van der Waals surface area contributed by atoms with E-state index in [0.29, 0.717) is 0 Å². The van der Waals surface area contributed by atoms with E-state index in [1.165, 1.54) is 18.4 Å². The molecule has 16 heavy (non-hydrogen) atoms. The van der Waals surface area contributed by atoms with Crippen LogP contribution in [0.25, 0.3) is 0 Å². The average molecular weight is 244 g/mol. The normalized spacial score (nSPS) is 14.4. The van der Waals surface area contributed by atoms with Crippen LogP contribution >= 0.6 is 11.3 Å². The summed E-state index contributed by atoms with van der Waals surface area (Å²) in [4.78, 5) is 11.4. The maximum absolute atomic E-state index is 11.4. The van der Waals surface area contributed by atoms with Crippen molar-refractivity contribution in [2.75, 3.05) is 20.3 Å². The van der Waals surface area contributed by atoms with E-state index < -0.39 is 12.1 Å². The zero-order chi connectivity index (χ0) is 12.0. The summed E-state index contributed by atoms with van der Waals surface area (Å²) in [7, 11) is 1.48. The first-order chi connectivity index (χ1) is 7.65. The largest absolute Gasteiger partial charge is 0.387 e. The molecule has 0 aliphatic carbocycles. The minimum absolute atomic E-state index is 0.160. The first-order valence-electron chi connectivity index (χ1n) is 4.87. The highest BCUT2D eigenvalue weighted by Gasteiger charge is 2.15. The molecule has 4 N–H and O–H groups in total. The van der Waals surface area contributed by atoms with Gasteiger partial charge in [-0.25, -0.2) is 0 Å². The third kappa shape index (κ3) is 3.90. The molecule has 0 aliphatic heterocycles. The van der Waals surface area contributed by atoms with Gasteiger partial charge in [-0.2, -0.15) is 11.3 Å². The van der Waals surface area contributed by atoms with Crippen LogP contribution in [0.3, 0.4) is 0 Å². The Bertz CT molecular complexity index is 316. The molecule has 0 bridgehead atoms. The van der Waals surface area contributed by atoms with E-state index in [-0.39, 0.29) is 19.1 Å². The third-order valence-corrected chi connectivity index (χ3v) is 2.78. The van der Waals surface area contributed by atoms with Crippen LogP contribution < -0.4 is 11.1 Å². The molecular formula is C10H16N2O3S. The number of aliphatic hydroxyl groups is 1. The van der Waals surface area contributed by atoms with Crippen LogP contribution in [0.15, 0.2) is 16.8 Å². The van der Waals surface area contributed by atoms with E-state index in [2.05, 4.69) is 5.32 Å². The fraction of sp³-hybridized carbons (Fsp3) is 0.500. The Hall–Kier alpha value is -0.950. The summed E-state index contributed by atoms with van der Waals surface area (Å²) in [5.41, 5.74) is 6.31. The highest BCUT2D eigenvalue weighted by molar-refractivity contribution is 7.07. The van der Waals surface area contributed by atoms with Crippen molar-refractivity contribution in [1.29, 1.82) is 0 Å². The quantitative estimate of drug-likeness (QED) is 0.651. The molecule has 0 saturated carbocycles. The third-order valence-electron chi connectivity index (χ3n) is 2.08. The molecule has 0 radical (unpaired) electrons. The first-order valence-corrected chi connectivity index (χ1v) is 5.81. The second-order valence-corrected chi connectivity index (χ2v) is 4.16. The lowest BCUT2D eigenvalue weighted by Gasteiger charge is -2.14. The number of nitrogens with one attached hydrogen (secondary N) is 1. The lowest BCUT2D eigenvalue weighted by molar-refractivity contribution is -0.123. The van der Waals surface area contributed by atoms with Gasteiger partial charge in [0.05, 0.1) is 12.7 Å². The average Bonchev–Trinajstić information content (AvgIpc) is 2.79. The van der Waals surface area contributed by atoms with E-state index in [1.54, 1.807) is 0 Å². The Morgan fingerprint density at radius 3 is 3.06 bits per heavy atom. The van der Waals surface area contributed by atoms with Crippen molar-refractivity contribution in [2.24, 2.45) is 5.73 Å². The SMILES string of the molecule is COCC(N)C(=O)NCC(O)c1ccsc1. The number of hydrogen-bond donors (Lipinski definition) is 3. The number of carbonyl (C=O) groups excluding carboxylic acids is 1. The topological polar surface area (TPSA) is 84.6 Å². The van der Waals surface area contributed by atoms with Gasteiger partial charge in [0.2, 0.25) is 5.91 Å². The molecule has 1 heterocycles. The predicted molar refractivity (Wildman–Crippen MR) is 62.1 cm³/mol. The first kappa shape index (κ1) is 13.1. The predicted octanol–water partition coefficient (Wildman–Crippen LogP) is -0.129. The number of amides is 1. The minimum atomic E-state index is -0.695. The van der Waals surface area contributed by atoms with Crippen molar-refractivity contribution in [2.45, 2.75) is 12.1 Å². The summed E-state index contributed by atoms with van der Waals surface area (Å²) in [5, 5.41) is 16.0. The molecule has 2 atom stereocenters. The van der Waals surface area contributed by atoms with Gasteiger partial charge in [0.15, 0.2) is 0 Å². The fourth-order valence-electron chi connectivity index (χ4n) is 1.17. The molecule has 0 fully saturated rings. The summed E-state index contributed by atoms with van der Waals surface area (Å²) < 4.78 is 4.76. The summed E-state index contributed by atoms with van der Waals surface area (Å²) in [6, 6.07) is 1.12. The fourth-order valence-corrected chi connectivity index (χ4v) is 1.87. The summed E-state index contributed by atoms with van der Waals surface area (Å²) >= 11 is 1.50. The summed E-state index contributed by atoms with van der Waals surface area (Å²) in [5.74, 6) is -0.323. The van der Waals surface area contributed by atoms with Crippen molar-refractivity contribution in [1.82, 2.24) is 5.32 Å². The van der Waals surface area contributed by atoms with Crippen molar-refractivity contribution in [3.05, 3.63) is 22.4 Å². The minimum Gasteiger partial charge on any atom is -0.387 e. The van der Waals surface area contributed by atoms with Gasteiger partial charge in [0.1, 0.15) is 6.04 Å². The van der Waals surface area contributed by atoms with Crippen LogP contribution in [0, 0.1) is 0 Å². The van der Waals surface area contributed by atoms with Gasteiger partial charge in [0.25, 0.3) is 0 Å². The van der Waals surface area contributed by atoms with Gasteiger partial charge < -0.3 is 20.9 Å². The van der Waals surface area contributed by atoms with E-state index in [4.69, 9.17) is 10.5 Å². The molecule has 0 aliphatic rings. The zero-order valence-electron chi connectivity index (χ0n) is 9.05. The maximum atomic E-state index is 11.4. The van der Waals surface area contributed by atoms with Crippen LogP contribution in [0.2, 0.25) is 0 Å². The van der Waals surface area contributed by atoms with Crippen molar-refractivity contribution in [3.63, 3.8) is 0 Å². The number of hydrogen-bond acceptors (Lipinski definition) is 5. The lowest BCUT2D eigenvalue weighted by Crippen LogP contribution is -2.44. The standard InChI is InChI=1S/C10H16N2O3S/c1-15-5-8(11)10(14)12-4-9(13)7-2-3-16-6-7/h2-3,6,8-9,13H,4-5,11H2,1H3,(H,12,14). The van der Waals surface area contributed by atoms with Crippen LogP contribution in [0.1, 0.15) is 11.7 Å². The van der Waals surface area contributed by atoms with Crippen molar-refractivity contribution >= 4 is 17.2 Å². The molecule has 1 aromatic rings. The van der Waals surface area contributed by atoms with Gasteiger partial charge in [-0.1, -0.05) is 0 Å². The van der Waals surface area contributed by atoms with Gasteiger partial charge in [0, 0.05) is 13.7 Å². The Morgan fingerprint density at radius 2 is 2.50 bits per heavy atom. The smallest absolute Gasteiger partial charge is 0.239 e. The second kappa shape index (κ2) is 6.59. The monoisotopic (exact) mass is 244 g/mol. The molecule has 5 nitrogen and oxygen atoms in total. The number of ether oxygens (including phenoxy) is 1. The Morgan fingerprint density at radius 1 is 1.75 bits per heavy atom. The zero-order valence-corrected chi connectivity index (χ0v) is 9.87. The van der Waals surface area contributed by atoms with Gasteiger partial charge in [-0.15, -0.1) is 0 Å². The van der Waals surface area contributed by atoms with Gasteiger partial charge >= 0.3 is 0 Å². The van der Waals surface area contributed by atoms with Crippen LogP contribution in [-0.2, 0) is 9.53 Å². The second-order valence-electron chi connectivity index (χ2n) is 3.38. The van der Waals surface area contributed by atoms with Gasteiger partial charge in [-0.05, 0) is 22.4 Å². The molecule has 2 unspecified atom stereocenters. The van der Waals surface area contributed by atoms with Crippen molar-refractivity contribution in [3.8, 4) is 0 Å². The Balaban J connectivity index is 2.31. The molecule has 0 spiro atoms. The van der Waals surface area contributed by atoms with Crippen molar-refractivity contribution < 1.29 is 14.6 Å². The Kier molecular flexibility index (Phi) is 5.41.